The maximum atomic E-state index is 11.8. The van der Waals surface area contributed by atoms with Crippen molar-refractivity contribution in [1.82, 2.24) is 0 Å². The molecule has 0 bridgehead atoms. The van der Waals surface area contributed by atoms with Crippen LogP contribution in [0.3, 0.4) is 0 Å². The molecule has 0 saturated carbocycles. The van der Waals surface area contributed by atoms with E-state index >= 15 is 0 Å². The van der Waals surface area contributed by atoms with E-state index in [1.807, 2.05) is 0 Å². The Morgan fingerprint density at radius 1 is 0.611 bits per heavy atom. The summed E-state index contributed by atoms with van der Waals surface area (Å²) in [5.74, 6) is 0. The molecule has 0 amide bonds. The molecule has 0 radical (unpaired) electrons. The molecule has 0 atom stereocenters. The number of hydrogen-bond donors (Lipinski definition) is 0. The van der Waals surface area contributed by atoms with Crippen molar-refractivity contribution in [2.45, 2.75) is 77.8 Å². The Morgan fingerprint density at radius 2 is 0.889 bits per heavy atom. The van der Waals surface area contributed by atoms with E-state index in [1.165, 1.54) is 0 Å². The minimum Gasteiger partial charge on any atom is -0.305 e. The highest BCUT2D eigenvalue weighted by atomic mass is 28.3. The lowest BCUT2D eigenvalue weighted by Crippen LogP contribution is -2.33. The fourth-order valence-electron chi connectivity index (χ4n) is 1.67. The zero-order valence-electron chi connectivity index (χ0n) is 13.1. The van der Waals surface area contributed by atoms with Crippen molar-refractivity contribution in [2.75, 3.05) is 0 Å². The lowest BCUT2D eigenvalue weighted by Gasteiger charge is -2.14. The number of hydrogen-bond acceptors (Lipinski definition) is 2. The van der Waals surface area contributed by atoms with Crippen LogP contribution in [0.2, 0.25) is 39.3 Å². The molecule has 106 valence electrons. The van der Waals surface area contributed by atoms with Crippen LogP contribution < -0.4 is 0 Å². The largest absolute Gasteiger partial charge is 0.305 e. The van der Waals surface area contributed by atoms with Crippen LogP contribution >= 0.6 is 0 Å². The maximum Gasteiger partial charge on any atom is 0.123 e. The van der Waals surface area contributed by atoms with Crippen molar-refractivity contribution in [3.05, 3.63) is 0 Å². The van der Waals surface area contributed by atoms with Gasteiger partial charge in [-0.2, -0.15) is 0 Å². The van der Waals surface area contributed by atoms with Crippen molar-refractivity contribution in [3.63, 3.8) is 0 Å². The molecule has 0 spiro atoms. The topological polar surface area (TPSA) is 34.1 Å². The van der Waals surface area contributed by atoms with Crippen LogP contribution in [0.25, 0.3) is 0 Å². The van der Waals surface area contributed by atoms with Crippen LogP contribution in [-0.2, 0) is 9.59 Å². The van der Waals surface area contributed by atoms with Crippen molar-refractivity contribution in [3.8, 4) is 0 Å². The summed E-state index contributed by atoms with van der Waals surface area (Å²) in [5, 5.41) is 0.973. The van der Waals surface area contributed by atoms with Gasteiger partial charge in [-0.3, -0.25) is 0 Å². The number of carbonyl (C=O) groups is 2. The second kappa shape index (κ2) is 7.38. The number of carbonyl (C=O) groups excluding carboxylic acids is 2. The first-order valence-electron chi connectivity index (χ1n) is 7.12. The average molecular weight is 287 g/mol. The van der Waals surface area contributed by atoms with Crippen LogP contribution in [-0.4, -0.2) is 27.0 Å². The standard InChI is InChI=1S/C14H30O2Si2/c1-17(2,3)13(15)11-9-7-8-10-12-14(16)18(4,5)6/h7-12H2,1-6H3. The van der Waals surface area contributed by atoms with Gasteiger partial charge >= 0.3 is 0 Å². The van der Waals surface area contributed by atoms with Gasteiger partial charge in [-0.1, -0.05) is 52.1 Å². The van der Waals surface area contributed by atoms with Gasteiger partial charge in [0.1, 0.15) is 27.0 Å². The molecule has 4 heteroatoms. The summed E-state index contributed by atoms with van der Waals surface area (Å²) < 4.78 is 0. The Kier molecular flexibility index (Phi) is 7.29. The summed E-state index contributed by atoms with van der Waals surface area (Å²) in [6.45, 7) is 12.7. The minimum atomic E-state index is -1.56. The van der Waals surface area contributed by atoms with Crippen molar-refractivity contribution >= 4 is 27.0 Å². The zero-order valence-corrected chi connectivity index (χ0v) is 15.1. The Balaban J connectivity index is 3.60. The second-order valence-corrected chi connectivity index (χ2v) is 17.4. The normalized spacial score (nSPS) is 12.6. The number of unbranched alkanes of at least 4 members (excludes halogenated alkanes) is 3. The molecule has 0 saturated heterocycles. The van der Waals surface area contributed by atoms with Gasteiger partial charge in [0.2, 0.25) is 0 Å². The summed E-state index contributed by atoms with van der Waals surface area (Å²) >= 11 is 0. The average Bonchev–Trinajstić information content (AvgIpc) is 2.19. The Morgan fingerprint density at radius 3 is 1.11 bits per heavy atom. The van der Waals surface area contributed by atoms with E-state index < -0.39 is 16.1 Å². The van der Waals surface area contributed by atoms with E-state index in [2.05, 4.69) is 39.3 Å². The summed E-state index contributed by atoms with van der Waals surface area (Å²) in [5.41, 5.74) is 0. The summed E-state index contributed by atoms with van der Waals surface area (Å²) in [6, 6.07) is 0. The third-order valence-electron chi connectivity index (χ3n) is 3.23. The van der Waals surface area contributed by atoms with Gasteiger partial charge in [0, 0.05) is 12.8 Å². The molecule has 0 heterocycles. The van der Waals surface area contributed by atoms with Gasteiger partial charge in [-0.05, 0) is 12.8 Å². The van der Waals surface area contributed by atoms with Gasteiger partial charge < -0.3 is 9.59 Å². The molecule has 0 aromatic heterocycles. The van der Waals surface area contributed by atoms with Crippen LogP contribution in [0.15, 0.2) is 0 Å². The third kappa shape index (κ3) is 7.98. The van der Waals surface area contributed by atoms with Crippen molar-refractivity contribution in [1.29, 1.82) is 0 Å². The monoisotopic (exact) mass is 286 g/mol. The maximum absolute atomic E-state index is 11.8. The SMILES string of the molecule is C[Si](C)(C)C(=O)CCCCCCC(=O)[Si](C)(C)C. The Bertz CT molecular complexity index is 255. The highest BCUT2D eigenvalue weighted by Gasteiger charge is 2.23. The quantitative estimate of drug-likeness (QED) is 0.470. The molecule has 0 aromatic carbocycles. The zero-order chi connectivity index (χ0) is 14.4. The van der Waals surface area contributed by atoms with Gasteiger partial charge in [0.05, 0.1) is 0 Å². The summed E-state index contributed by atoms with van der Waals surface area (Å²) in [4.78, 5) is 23.5. The van der Waals surface area contributed by atoms with Gasteiger partial charge in [-0.15, -0.1) is 0 Å². The van der Waals surface area contributed by atoms with Crippen LogP contribution in [0, 0.1) is 0 Å². The Hall–Kier alpha value is -0.226. The first-order chi connectivity index (χ1) is 8.05. The van der Waals surface area contributed by atoms with Gasteiger partial charge in [-0.25, -0.2) is 0 Å². The molecule has 0 aliphatic heterocycles. The molecule has 0 fully saturated rings. The highest BCUT2D eigenvalue weighted by molar-refractivity contribution is 7.03. The predicted octanol–water partition coefficient (Wildman–Crippen LogP) is 4.22. The van der Waals surface area contributed by atoms with Crippen molar-refractivity contribution < 1.29 is 9.59 Å². The second-order valence-electron chi connectivity index (χ2n) is 7.26. The molecule has 2 nitrogen and oxygen atoms in total. The predicted molar refractivity (Wildman–Crippen MR) is 84.4 cm³/mol. The molecule has 18 heavy (non-hydrogen) atoms. The molecular formula is C14H30O2Si2. The van der Waals surface area contributed by atoms with Crippen molar-refractivity contribution in [2.24, 2.45) is 0 Å². The van der Waals surface area contributed by atoms with E-state index in [1.54, 1.807) is 0 Å². The van der Waals surface area contributed by atoms with Crippen LogP contribution in [0.1, 0.15) is 38.5 Å². The van der Waals surface area contributed by atoms with Crippen LogP contribution in [0.5, 0.6) is 0 Å². The first kappa shape index (κ1) is 17.8. The Labute approximate surface area is 115 Å². The summed E-state index contributed by atoms with van der Waals surface area (Å²) in [6.07, 6.45) is 5.69. The van der Waals surface area contributed by atoms with Crippen LogP contribution in [0.4, 0.5) is 0 Å². The highest BCUT2D eigenvalue weighted by Crippen LogP contribution is 2.13. The fourth-order valence-corrected chi connectivity index (χ4v) is 3.53. The molecule has 0 aliphatic carbocycles. The fraction of sp³-hybridized carbons (Fsp3) is 0.857. The molecule has 0 aliphatic rings. The molecular weight excluding hydrogens is 256 g/mol. The van der Waals surface area contributed by atoms with E-state index in [0.717, 1.165) is 38.5 Å². The summed E-state index contributed by atoms with van der Waals surface area (Å²) in [7, 11) is -3.12. The van der Waals surface area contributed by atoms with Gasteiger partial charge in [0.15, 0.2) is 0 Å². The number of rotatable bonds is 9. The molecule has 0 unspecified atom stereocenters. The lowest BCUT2D eigenvalue weighted by atomic mass is 10.1. The molecule has 0 aromatic rings. The molecule has 0 rings (SSSR count). The third-order valence-corrected chi connectivity index (χ3v) is 7.08. The van der Waals surface area contributed by atoms with E-state index in [4.69, 9.17) is 0 Å². The van der Waals surface area contributed by atoms with E-state index in [0.29, 0.717) is 10.8 Å². The molecule has 0 N–H and O–H groups in total. The smallest absolute Gasteiger partial charge is 0.123 e. The van der Waals surface area contributed by atoms with E-state index in [9.17, 15) is 9.59 Å². The lowest BCUT2D eigenvalue weighted by molar-refractivity contribution is -0.113. The van der Waals surface area contributed by atoms with E-state index in [-0.39, 0.29) is 0 Å². The first-order valence-corrected chi connectivity index (χ1v) is 14.1. The van der Waals surface area contributed by atoms with Gasteiger partial charge in [0.25, 0.3) is 0 Å². The minimum absolute atomic E-state index is 0.487.